The summed E-state index contributed by atoms with van der Waals surface area (Å²) in [6, 6.07) is 11.4. The lowest BCUT2D eigenvalue weighted by Gasteiger charge is -2.47. The molecule has 2 unspecified atom stereocenters. The van der Waals surface area contributed by atoms with Crippen LogP contribution >= 0.6 is 0 Å². The summed E-state index contributed by atoms with van der Waals surface area (Å²) in [7, 11) is 2.21. The molecule has 0 spiro atoms. The van der Waals surface area contributed by atoms with Crippen LogP contribution in [-0.4, -0.2) is 54.6 Å². The second-order valence-electron chi connectivity index (χ2n) is 6.46. The van der Waals surface area contributed by atoms with E-state index in [0.717, 1.165) is 39.0 Å². The Balaban J connectivity index is 1.98. The molecule has 0 aromatic heterocycles. The summed E-state index contributed by atoms with van der Waals surface area (Å²) in [5, 5.41) is 0. The van der Waals surface area contributed by atoms with E-state index in [9.17, 15) is 0 Å². The van der Waals surface area contributed by atoms with Gasteiger partial charge in [0.25, 0.3) is 0 Å². The van der Waals surface area contributed by atoms with Gasteiger partial charge >= 0.3 is 0 Å². The fraction of sp³-hybridized carbons (Fsp3) is 0.647. The number of aryl methyl sites for hydroxylation is 1. The zero-order valence-corrected chi connectivity index (χ0v) is 13.2. The molecule has 2 N–H and O–H groups in total. The van der Waals surface area contributed by atoms with Gasteiger partial charge in [-0.15, -0.1) is 0 Å². The summed E-state index contributed by atoms with van der Waals surface area (Å²) < 4.78 is 0. The minimum absolute atomic E-state index is 0.116. The Bertz CT molecular complexity index is 406. The van der Waals surface area contributed by atoms with E-state index in [1.807, 2.05) is 0 Å². The average molecular weight is 275 g/mol. The number of rotatable bonds is 5. The van der Waals surface area contributed by atoms with Crippen LogP contribution in [0.1, 0.15) is 25.8 Å². The highest BCUT2D eigenvalue weighted by Crippen LogP contribution is 2.24. The summed E-state index contributed by atoms with van der Waals surface area (Å²) in [4.78, 5) is 5.03. The van der Waals surface area contributed by atoms with Crippen LogP contribution < -0.4 is 5.73 Å². The van der Waals surface area contributed by atoms with Crippen LogP contribution in [0.3, 0.4) is 0 Å². The van der Waals surface area contributed by atoms with Gasteiger partial charge < -0.3 is 10.6 Å². The van der Waals surface area contributed by atoms with E-state index in [-0.39, 0.29) is 5.54 Å². The van der Waals surface area contributed by atoms with E-state index in [0.29, 0.717) is 6.04 Å². The summed E-state index contributed by atoms with van der Waals surface area (Å²) in [5.41, 5.74) is 7.65. The van der Waals surface area contributed by atoms with Crippen molar-refractivity contribution in [2.75, 3.05) is 33.2 Å². The monoisotopic (exact) mass is 275 g/mol. The maximum absolute atomic E-state index is 6.13. The first kappa shape index (κ1) is 15.5. The molecule has 3 heteroatoms. The third-order valence-electron chi connectivity index (χ3n) is 4.96. The number of hydrogen-bond acceptors (Lipinski definition) is 3. The first-order chi connectivity index (χ1) is 9.55. The van der Waals surface area contributed by atoms with Gasteiger partial charge in [-0.3, -0.25) is 4.90 Å². The smallest absolute Gasteiger partial charge is 0.0307 e. The molecule has 2 atom stereocenters. The quantitative estimate of drug-likeness (QED) is 0.892. The van der Waals surface area contributed by atoms with Crippen LogP contribution in [0.4, 0.5) is 0 Å². The SMILES string of the molecule is CC1CN(C(C)(CN)CCc2ccccc2)CCN1C. The standard InChI is InChI=1S/C17H29N3/c1-15-13-20(12-11-19(15)3)17(2,14-18)10-9-16-7-5-4-6-8-16/h4-8,15H,9-14,18H2,1-3H3. The van der Waals surface area contributed by atoms with Crippen molar-refractivity contribution in [2.24, 2.45) is 5.73 Å². The number of hydrogen-bond donors (Lipinski definition) is 1. The van der Waals surface area contributed by atoms with Crippen LogP contribution in [0.2, 0.25) is 0 Å². The molecule has 1 aromatic carbocycles. The van der Waals surface area contributed by atoms with Gasteiger partial charge in [-0.05, 0) is 39.3 Å². The Hall–Kier alpha value is -0.900. The molecule has 112 valence electrons. The van der Waals surface area contributed by atoms with Crippen molar-refractivity contribution in [3.05, 3.63) is 35.9 Å². The molecule has 1 heterocycles. The molecule has 1 aliphatic heterocycles. The first-order valence-electron chi connectivity index (χ1n) is 7.74. The van der Waals surface area contributed by atoms with E-state index >= 15 is 0 Å². The second kappa shape index (κ2) is 6.70. The summed E-state index contributed by atoms with van der Waals surface area (Å²) >= 11 is 0. The van der Waals surface area contributed by atoms with E-state index in [1.165, 1.54) is 5.56 Å². The van der Waals surface area contributed by atoms with Gasteiger partial charge in [0, 0.05) is 37.8 Å². The molecular weight excluding hydrogens is 246 g/mol. The molecule has 1 saturated heterocycles. The van der Waals surface area contributed by atoms with Crippen molar-refractivity contribution >= 4 is 0 Å². The van der Waals surface area contributed by atoms with Crippen LogP contribution in [0.5, 0.6) is 0 Å². The summed E-state index contributed by atoms with van der Waals surface area (Å²) in [6.45, 7) is 8.76. The zero-order chi connectivity index (χ0) is 14.6. The van der Waals surface area contributed by atoms with Gasteiger partial charge in [0.15, 0.2) is 0 Å². The van der Waals surface area contributed by atoms with E-state index in [4.69, 9.17) is 5.73 Å². The number of nitrogens with zero attached hydrogens (tertiary/aromatic N) is 2. The molecule has 3 nitrogen and oxygen atoms in total. The lowest BCUT2D eigenvalue weighted by atomic mass is 9.90. The number of likely N-dealkylation sites (N-methyl/N-ethyl adjacent to an activating group) is 1. The van der Waals surface area contributed by atoms with Gasteiger partial charge in [-0.2, -0.15) is 0 Å². The van der Waals surface area contributed by atoms with E-state index in [1.54, 1.807) is 0 Å². The Kier molecular flexibility index (Phi) is 5.19. The van der Waals surface area contributed by atoms with Gasteiger partial charge in [0.2, 0.25) is 0 Å². The highest BCUT2D eigenvalue weighted by molar-refractivity contribution is 5.15. The molecule has 0 aliphatic carbocycles. The van der Waals surface area contributed by atoms with Gasteiger partial charge in [-0.25, -0.2) is 0 Å². The van der Waals surface area contributed by atoms with Crippen molar-refractivity contribution < 1.29 is 0 Å². The third-order valence-corrected chi connectivity index (χ3v) is 4.96. The second-order valence-corrected chi connectivity index (χ2v) is 6.46. The summed E-state index contributed by atoms with van der Waals surface area (Å²) in [6.07, 6.45) is 2.24. The summed E-state index contributed by atoms with van der Waals surface area (Å²) in [5.74, 6) is 0. The van der Waals surface area contributed by atoms with Crippen LogP contribution in [-0.2, 0) is 6.42 Å². The highest BCUT2D eigenvalue weighted by Gasteiger charge is 2.34. The molecule has 20 heavy (non-hydrogen) atoms. The average Bonchev–Trinajstić information content (AvgIpc) is 2.48. The normalized spacial score (nSPS) is 24.5. The lowest BCUT2D eigenvalue weighted by Crippen LogP contribution is -2.60. The first-order valence-corrected chi connectivity index (χ1v) is 7.74. The van der Waals surface area contributed by atoms with Gasteiger partial charge in [0.05, 0.1) is 0 Å². The van der Waals surface area contributed by atoms with Crippen molar-refractivity contribution in [3.63, 3.8) is 0 Å². The van der Waals surface area contributed by atoms with E-state index < -0.39 is 0 Å². The minimum Gasteiger partial charge on any atom is -0.329 e. The predicted molar refractivity (Wildman–Crippen MR) is 85.9 cm³/mol. The number of nitrogens with two attached hydrogens (primary N) is 1. The lowest BCUT2D eigenvalue weighted by molar-refractivity contribution is 0.0232. The Morgan fingerprint density at radius 2 is 1.95 bits per heavy atom. The number of piperazine rings is 1. The minimum atomic E-state index is 0.116. The van der Waals surface area contributed by atoms with Crippen molar-refractivity contribution in [1.82, 2.24) is 9.80 Å². The van der Waals surface area contributed by atoms with Crippen molar-refractivity contribution in [1.29, 1.82) is 0 Å². The molecule has 0 radical (unpaired) electrons. The van der Waals surface area contributed by atoms with Crippen LogP contribution in [0.15, 0.2) is 30.3 Å². The molecule has 1 aromatic rings. The molecule has 0 saturated carbocycles. The fourth-order valence-electron chi connectivity index (χ4n) is 2.99. The molecule has 1 aliphatic rings. The fourth-order valence-corrected chi connectivity index (χ4v) is 2.99. The largest absolute Gasteiger partial charge is 0.329 e. The van der Waals surface area contributed by atoms with Gasteiger partial charge in [-0.1, -0.05) is 30.3 Å². The Labute approximate surface area is 123 Å². The van der Waals surface area contributed by atoms with Crippen molar-refractivity contribution in [2.45, 2.75) is 38.3 Å². The molecule has 0 bridgehead atoms. The predicted octanol–water partition coefficient (Wildman–Crippen LogP) is 1.97. The van der Waals surface area contributed by atoms with Crippen molar-refractivity contribution in [3.8, 4) is 0 Å². The maximum Gasteiger partial charge on any atom is 0.0307 e. The maximum atomic E-state index is 6.13. The molecule has 0 amide bonds. The molecular formula is C17H29N3. The third kappa shape index (κ3) is 3.60. The van der Waals surface area contributed by atoms with Crippen LogP contribution in [0, 0.1) is 0 Å². The van der Waals surface area contributed by atoms with Gasteiger partial charge in [0.1, 0.15) is 0 Å². The zero-order valence-electron chi connectivity index (χ0n) is 13.2. The molecule has 2 rings (SSSR count). The number of benzene rings is 1. The Morgan fingerprint density at radius 3 is 2.55 bits per heavy atom. The molecule has 1 fully saturated rings. The topological polar surface area (TPSA) is 32.5 Å². The Morgan fingerprint density at radius 1 is 1.25 bits per heavy atom. The van der Waals surface area contributed by atoms with Crippen LogP contribution in [0.25, 0.3) is 0 Å². The van der Waals surface area contributed by atoms with E-state index in [2.05, 4.69) is 61.0 Å². The highest BCUT2D eigenvalue weighted by atomic mass is 15.3.